The summed E-state index contributed by atoms with van der Waals surface area (Å²) >= 11 is 0. The Bertz CT molecular complexity index is 408. The summed E-state index contributed by atoms with van der Waals surface area (Å²) in [6.45, 7) is 0.706. The number of rotatable bonds is 2. The largest absolute Gasteiger partial charge is 0.454 e. The molecule has 0 atom stereocenters. The van der Waals surface area contributed by atoms with Crippen molar-refractivity contribution in [2.24, 2.45) is 5.84 Å². The first kappa shape index (κ1) is 10.6. The van der Waals surface area contributed by atoms with Gasteiger partial charge in [-0.2, -0.15) is 0 Å². The summed E-state index contributed by atoms with van der Waals surface area (Å²) in [6, 6.07) is 5.22. The van der Waals surface area contributed by atoms with E-state index in [1.807, 2.05) is 18.2 Å². The second-order valence-electron chi connectivity index (χ2n) is 3.49. The van der Waals surface area contributed by atoms with Gasteiger partial charge in [-0.1, -0.05) is 6.07 Å². The van der Waals surface area contributed by atoms with Crippen LogP contribution in [-0.2, 0) is 6.54 Å². The molecule has 16 heavy (non-hydrogen) atoms. The van der Waals surface area contributed by atoms with E-state index in [2.05, 4.69) is 5.43 Å². The van der Waals surface area contributed by atoms with Crippen LogP contribution in [-0.4, -0.2) is 24.8 Å². The van der Waals surface area contributed by atoms with Gasteiger partial charge in [-0.05, 0) is 17.7 Å². The van der Waals surface area contributed by atoms with Gasteiger partial charge in [-0.15, -0.1) is 0 Å². The normalized spacial score (nSPS) is 12.4. The standard InChI is InChI=1S/C10H13N3O3/c1-13(10(14)12-11)5-7-2-3-8-9(4-7)16-6-15-8/h2-4H,5-6,11H2,1H3,(H,12,14). The van der Waals surface area contributed by atoms with Crippen LogP contribution in [0.15, 0.2) is 18.2 Å². The van der Waals surface area contributed by atoms with Crippen LogP contribution in [0.1, 0.15) is 5.56 Å². The first-order valence-electron chi connectivity index (χ1n) is 4.81. The summed E-state index contributed by atoms with van der Waals surface area (Å²) < 4.78 is 10.4. The van der Waals surface area contributed by atoms with Crippen molar-refractivity contribution in [2.75, 3.05) is 13.8 Å². The number of hydrogen-bond donors (Lipinski definition) is 2. The van der Waals surface area contributed by atoms with Crippen LogP contribution in [0.3, 0.4) is 0 Å². The van der Waals surface area contributed by atoms with Gasteiger partial charge in [0, 0.05) is 13.6 Å². The highest BCUT2D eigenvalue weighted by molar-refractivity contribution is 5.73. The van der Waals surface area contributed by atoms with Crippen molar-refractivity contribution in [3.05, 3.63) is 23.8 Å². The number of ether oxygens (including phenoxy) is 2. The third kappa shape index (κ3) is 2.01. The van der Waals surface area contributed by atoms with Crippen LogP contribution < -0.4 is 20.7 Å². The Balaban J connectivity index is 2.08. The van der Waals surface area contributed by atoms with Crippen molar-refractivity contribution in [1.29, 1.82) is 0 Å². The molecule has 1 aromatic rings. The maximum Gasteiger partial charge on any atom is 0.331 e. The number of nitrogens with zero attached hydrogens (tertiary/aromatic N) is 1. The van der Waals surface area contributed by atoms with Crippen molar-refractivity contribution < 1.29 is 14.3 Å². The van der Waals surface area contributed by atoms with Gasteiger partial charge >= 0.3 is 6.03 Å². The fraction of sp³-hybridized carbons (Fsp3) is 0.300. The highest BCUT2D eigenvalue weighted by Crippen LogP contribution is 2.32. The highest BCUT2D eigenvalue weighted by atomic mass is 16.7. The molecule has 86 valence electrons. The summed E-state index contributed by atoms with van der Waals surface area (Å²) in [5.74, 6) is 6.47. The van der Waals surface area contributed by atoms with Crippen LogP contribution >= 0.6 is 0 Å². The third-order valence-electron chi connectivity index (χ3n) is 2.33. The number of urea groups is 1. The molecule has 0 saturated heterocycles. The van der Waals surface area contributed by atoms with Crippen molar-refractivity contribution in [3.8, 4) is 11.5 Å². The second-order valence-corrected chi connectivity index (χ2v) is 3.49. The minimum atomic E-state index is -0.335. The predicted octanol–water partition coefficient (Wildman–Crippen LogP) is 0.430. The van der Waals surface area contributed by atoms with E-state index in [1.54, 1.807) is 7.05 Å². The summed E-state index contributed by atoms with van der Waals surface area (Å²) in [5.41, 5.74) is 3.02. The van der Waals surface area contributed by atoms with Crippen molar-refractivity contribution >= 4 is 6.03 Å². The number of carbonyl (C=O) groups excluding carboxylic acids is 1. The Labute approximate surface area is 92.9 Å². The average Bonchev–Trinajstić information content (AvgIpc) is 2.75. The first-order valence-corrected chi connectivity index (χ1v) is 4.81. The maximum absolute atomic E-state index is 11.2. The number of carbonyl (C=O) groups is 1. The molecule has 6 nitrogen and oxygen atoms in total. The van der Waals surface area contributed by atoms with Crippen LogP contribution in [0.2, 0.25) is 0 Å². The number of nitrogens with two attached hydrogens (primary N) is 1. The molecule has 2 rings (SSSR count). The van der Waals surface area contributed by atoms with E-state index in [9.17, 15) is 4.79 Å². The molecule has 1 heterocycles. The summed E-state index contributed by atoms with van der Waals surface area (Å²) in [6.07, 6.45) is 0. The van der Waals surface area contributed by atoms with E-state index in [0.29, 0.717) is 12.3 Å². The van der Waals surface area contributed by atoms with E-state index in [0.717, 1.165) is 11.3 Å². The highest BCUT2D eigenvalue weighted by Gasteiger charge is 2.14. The fourth-order valence-electron chi connectivity index (χ4n) is 1.50. The van der Waals surface area contributed by atoms with E-state index >= 15 is 0 Å². The van der Waals surface area contributed by atoms with Crippen LogP contribution in [0.25, 0.3) is 0 Å². The number of hydrazine groups is 1. The van der Waals surface area contributed by atoms with Crippen LogP contribution in [0, 0.1) is 0 Å². The second kappa shape index (κ2) is 4.28. The molecule has 2 amide bonds. The van der Waals surface area contributed by atoms with Crippen molar-refractivity contribution in [3.63, 3.8) is 0 Å². The average molecular weight is 223 g/mol. The zero-order chi connectivity index (χ0) is 11.5. The topological polar surface area (TPSA) is 76.8 Å². The minimum Gasteiger partial charge on any atom is -0.454 e. The molecule has 6 heteroatoms. The predicted molar refractivity (Wildman–Crippen MR) is 56.8 cm³/mol. The van der Waals surface area contributed by atoms with Crippen molar-refractivity contribution in [2.45, 2.75) is 6.54 Å². The van der Waals surface area contributed by atoms with Gasteiger partial charge in [0.05, 0.1) is 0 Å². The molecule has 0 radical (unpaired) electrons. The fourth-order valence-corrected chi connectivity index (χ4v) is 1.50. The number of hydrogen-bond acceptors (Lipinski definition) is 4. The lowest BCUT2D eigenvalue weighted by molar-refractivity contribution is 0.174. The lowest BCUT2D eigenvalue weighted by atomic mass is 10.2. The van der Waals surface area contributed by atoms with Gasteiger partial charge in [-0.3, -0.25) is 5.43 Å². The minimum absolute atomic E-state index is 0.248. The third-order valence-corrected chi connectivity index (χ3v) is 2.33. The smallest absolute Gasteiger partial charge is 0.331 e. The molecule has 1 aliphatic heterocycles. The molecule has 0 aromatic heterocycles. The monoisotopic (exact) mass is 223 g/mol. The molecule has 1 aromatic carbocycles. The summed E-state index contributed by atoms with van der Waals surface area (Å²) in [4.78, 5) is 12.7. The van der Waals surface area contributed by atoms with E-state index < -0.39 is 0 Å². The lowest BCUT2D eigenvalue weighted by Gasteiger charge is -2.16. The zero-order valence-corrected chi connectivity index (χ0v) is 8.90. The number of amides is 2. The molecule has 1 aliphatic rings. The molecule has 0 fully saturated rings. The summed E-state index contributed by atoms with van der Waals surface area (Å²) in [7, 11) is 1.66. The molecule has 0 bridgehead atoms. The Kier molecular flexibility index (Phi) is 2.82. The molecule has 0 aliphatic carbocycles. The molecule has 0 unspecified atom stereocenters. The van der Waals surface area contributed by atoms with Gasteiger partial charge < -0.3 is 14.4 Å². The Morgan fingerprint density at radius 3 is 3.00 bits per heavy atom. The zero-order valence-electron chi connectivity index (χ0n) is 8.90. The van der Waals surface area contributed by atoms with E-state index in [1.165, 1.54) is 4.90 Å². The number of fused-ring (bicyclic) bond motifs is 1. The maximum atomic E-state index is 11.2. The van der Waals surface area contributed by atoms with E-state index in [-0.39, 0.29) is 12.8 Å². The first-order chi connectivity index (χ1) is 7.70. The van der Waals surface area contributed by atoms with Gasteiger partial charge in [0.15, 0.2) is 11.5 Å². The summed E-state index contributed by atoms with van der Waals surface area (Å²) in [5, 5.41) is 0. The molecule has 0 saturated carbocycles. The van der Waals surface area contributed by atoms with Gasteiger partial charge in [0.2, 0.25) is 6.79 Å². The van der Waals surface area contributed by atoms with E-state index in [4.69, 9.17) is 15.3 Å². The Hall–Kier alpha value is -1.95. The SMILES string of the molecule is CN(Cc1ccc2c(c1)OCO2)C(=O)NN. The number of benzene rings is 1. The lowest BCUT2D eigenvalue weighted by Crippen LogP contribution is -2.40. The quantitative estimate of drug-likeness (QED) is 0.433. The Morgan fingerprint density at radius 2 is 2.25 bits per heavy atom. The number of nitrogens with one attached hydrogen (secondary N) is 1. The molecular weight excluding hydrogens is 210 g/mol. The van der Waals surface area contributed by atoms with Gasteiger partial charge in [0.1, 0.15) is 0 Å². The Morgan fingerprint density at radius 1 is 1.50 bits per heavy atom. The van der Waals surface area contributed by atoms with Crippen molar-refractivity contribution in [1.82, 2.24) is 10.3 Å². The van der Waals surface area contributed by atoms with Gasteiger partial charge in [0.25, 0.3) is 0 Å². The molecular formula is C10H13N3O3. The van der Waals surface area contributed by atoms with Crippen LogP contribution in [0.5, 0.6) is 11.5 Å². The van der Waals surface area contributed by atoms with Gasteiger partial charge in [-0.25, -0.2) is 10.6 Å². The molecule has 3 N–H and O–H groups in total. The molecule has 0 spiro atoms. The van der Waals surface area contributed by atoms with Crippen LogP contribution in [0.4, 0.5) is 4.79 Å².